The lowest BCUT2D eigenvalue weighted by molar-refractivity contribution is -0.151. The quantitative estimate of drug-likeness (QED) is 0.644. The van der Waals surface area contributed by atoms with E-state index in [0.717, 1.165) is 0 Å². The van der Waals surface area contributed by atoms with Crippen LogP contribution < -0.4 is 5.73 Å². The Morgan fingerprint density at radius 1 is 1.36 bits per heavy atom. The smallest absolute Gasteiger partial charge is 0.268 e. The molecule has 0 spiro atoms. The van der Waals surface area contributed by atoms with Gasteiger partial charge in [-0.05, 0) is 5.41 Å². The largest absolute Gasteiger partial charge is 0.382 e. The molecule has 0 saturated heterocycles. The van der Waals surface area contributed by atoms with Crippen molar-refractivity contribution in [2.75, 3.05) is 6.54 Å². The third-order valence-corrected chi connectivity index (χ3v) is 1.97. The second kappa shape index (κ2) is 3.03. The van der Waals surface area contributed by atoms with Gasteiger partial charge < -0.3 is 10.8 Å². The first-order valence-corrected chi connectivity index (χ1v) is 3.46. The first-order chi connectivity index (χ1) is 4.75. The molecule has 0 heterocycles. The van der Waals surface area contributed by atoms with Gasteiger partial charge >= 0.3 is 0 Å². The van der Waals surface area contributed by atoms with Gasteiger partial charge in [-0.15, -0.1) is 0 Å². The monoisotopic (exact) mass is 167 g/mol. The zero-order chi connectivity index (χ0) is 9.28. The maximum Gasteiger partial charge on any atom is 0.268 e. The molecule has 0 amide bonds. The number of hydrogen-bond acceptors (Lipinski definition) is 2. The van der Waals surface area contributed by atoms with Crippen molar-refractivity contribution < 1.29 is 13.9 Å². The van der Waals surface area contributed by atoms with Crippen molar-refractivity contribution in [1.29, 1.82) is 0 Å². The summed E-state index contributed by atoms with van der Waals surface area (Å²) in [4.78, 5) is 0. The molecule has 0 aromatic carbocycles. The molecule has 0 fully saturated rings. The number of hydrogen-bond donors (Lipinski definition) is 2. The van der Waals surface area contributed by atoms with E-state index in [9.17, 15) is 13.9 Å². The lowest BCUT2D eigenvalue weighted by Gasteiger charge is -2.38. The molecule has 0 bridgehead atoms. The number of alkyl halides is 2. The van der Waals surface area contributed by atoms with E-state index < -0.39 is 24.0 Å². The lowest BCUT2D eigenvalue weighted by atomic mass is 9.77. The van der Waals surface area contributed by atoms with Crippen LogP contribution in [0.15, 0.2) is 0 Å². The molecule has 68 valence electrons. The summed E-state index contributed by atoms with van der Waals surface area (Å²) in [6.45, 7) is 4.18. The predicted molar refractivity (Wildman–Crippen MR) is 39.5 cm³/mol. The molecule has 4 heteroatoms. The molecule has 1 atom stereocenters. The molecule has 0 aliphatic carbocycles. The van der Waals surface area contributed by atoms with Crippen molar-refractivity contribution in [2.45, 2.75) is 32.8 Å². The van der Waals surface area contributed by atoms with E-state index in [1.807, 2.05) is 0 Å². The second-order valence-corrected chi connectivity index (χ2v) is 3.68. The Morgan fingerprint density at radius 2 is 1.73 bits per heavy atom. The van der Waals surface area contributed by atoms with Gasteiger partial charge in [0, 0.05) is 6.54 Å². The Morgan fingerprint density at radius 3 is 1.73 bits per heavy atom. The minimum Gasteiger partial charge on any atom is -0.382 e. The van der Waals surface area contributed by atoms with Crippen LogP contribution in [0.4, 0.5) is 8.78 Å². The molecule has 11 heavy (non-hydrogen) atoms. The summed E-state index contributed by atoms with van der Waals surface area (Å²) < 4.78 is 24.5. The summed E-state index contributed by atoms with van der Waals surface area (Å²) >= 11 is 0. The minimum absolute atomic E-state index is 0.422. The van der Waals surface area contributed by atoms with Crippen LogP contribution in [0.3, 0.4) is 0 Å². The maximum atomic E-state index is 12.2. The number of aliphatic hydroxyl groups is 1. The Hall–Kier alpha value is -0.220. The van der Waals surface area contributed by atoms with E-state index in [2.05, 4.69) is 0 Å². The average Bonchev–Trinajstić information content (AvgIpc) is 1.83. The molecule has 0 aromatic heterocycles. The molecule has 0 radical (unpaired) electrons. The number of rotatable bonds is 2. The molecule has 0 aliphatic heterocycles. The van der Waals surface area contributed by atoms with Crippen LogP contribution in [0.2, 0.25) is 0 Å². The Labute approximate surface area is 65.4 Å². The van der Waals surface area contributed by atoms with Crippen LogP contribution in [0.5, 0.6) is 0 Å². The average molecular weight is 167 g/mol. The predicted octanol–water partition coefficient (Wildman–Crippen LogP) is 0.987. The summed E-state index contributed by atoms with van der Waals surface area (Å²) in [5.41, 5.74) is 2.09. The highest BCUT2D eigenvalue weighted by atomic mass is 19.3. The van der Waals surface area contributed by atoms with Crippen molar-refractivity contribution in [3.8, 4) is 0 Å². The molecular weight excluding hydrogens is 152 g/mol. The number of halogens is 2. The first kappa shape index (κ1) is 10.8. The second-order valence-electron chi connectivity index (χ2n) is 3.68. The van der Waals surface area contributed by atoms with Crippen molar-refractivity contribution in [3.05, 3.63) is 0 Å². The van der Waals surface area contributed by atoms with Gasteiger partial charge in [-0.1, -0.05) is 20.8 Å². The lowest BCUT2D eigenvalue weighted by Crippen LogP contribution is -2.54. The van der Waals surface area contributed by atoms with Crippen molar-refractivity contribution >= 4 is 0 Å². The first-order valence-electron chi connectivity index (χ1n) is 3.46. The summed E-state index contributed by atoms with van der Waals surface area (Å²) in [7, 11) is 0. The van der Waals surface area contributed by atoms with Gasteiger partial charge in [-0.3, -0.25) is 0 Å². The maximum absolute atomic E-state index is 12.2. The molecule has 0 rings (SSSR count). The van der Waals surface area contributed by atoms with E-state index in [1.54, 1.807) is 0 Å². The topological polar surface area (TPSA) is 46.2 Å². The van der Waals surface area contributed by atoms with Crippen LogP contribution >= 0.6 is 0 Å². The highest BCUT2D eigenvalue weighted by molar-refractivity contribution is 4.93. The third kappa shape index (κ3) is 1.87. The van der Waals surface area contributed by atoms with Gasteiger partial charge in [-0.25, -0.2) is 8.78 Å². The van der Waals surface area contributed by atoms with E-state index in [4.69, 9.17) is 5.73 Å². The van der Waals surface area contributed by atoms with E-state index >= 15 is 0 Å². The number of nitrogens with two attached hydrogens (primary N) is 1. The molecule has 0 aromatic rings. The normalized spacial score (nSPS) is 18.5. The van der Waals surface area contributed by atoms with Crippen molar-refractivity contribution in [1.82, 2.24) is 0 Å². The molecule has 2 nitrogen and oxygen atoms in total. The van der Waals surface area contributed by atoms with Crippen LogP contribution in [-0.4, -0.2) is 23.7 Å². The summed E-state index contributed by atoms with van der Waals surface area (Å²) in [5, 5.41) is 9.36. The van der Waals surface area contributed by atoms with Crippen LogP contribution in [-0.2, 0) is 0 Å². The highest BCUT2D eigenvalue weighted by Crippen LogP contribution is 2.34. The fraction of sp³-hybridized carbons (Fsp3) is 1.00. The van der Waals surface area contributed by atoms with Gasteiger partial charge in [-0.2, -0.15) is 0 Å². The van der Waals surface area contributed by atoms with E-state index in [0.29, 0.717) is 0 Å². The zero-order valence-corrected chi connectivity index (χ0v) is 7.06. The summed E-state index contributed by atoms with van der Waals surface area (Å²) in [6.07, 6.45) is -2.80. The highest BCUT2D eigenvalue weighted by Gasteiger charge is 2.46. The van der Waals surface area contributed by atoms with Crippen LogP contribution in [0, 0.1) is 5.41 Å². The SMILES string of the molecule is CC(C)(C)C(O)(CN)C(F)F. The molecular formula is C7H15F2NO. The molecule has 3 N–H and O–H groups in total. The molecule has 0 saturated carbocycles. The molecule has 1 unspecified atom stereocenters. The fourth-order valence-corrected chi connectivity index (χ4v) is 0.723. The summed E-state index contributed by atoms with van der Waals surface area (Å²) in [5.74, 6) is 0. The van der Waals surface area contributed by atoms with E-state index in [1.165, 1.54) is 20.8 Å². The molecule has 0 aliphatic rings. The van der Waals surface area contributed by atoms with Crippen LogP contribution in [0.25, 0.3) is 0 Å². The Kier molecular flexibility index (Phi) is 2.97. The zero-order valence-electron chi connectivity index (χ0n) is 7.06. The Bertz CT molecular complexity index is 133. The van der Waals surface area contributed by atoms with Crippen molar-refractivity contribution in [3.63, 3.8) is 0 Å². The van der Waals surface area contributed by atoms with Gasteiger partial charge in [0.15, 0.2) is 0 Å². The van der Waals surface area contributed by atoms with Gasteiger partial charge in [0.2, 0.25) is 0 Å². The van der Waals surface area contributed by atoms with Gasteiger partial charge in [0.1, 0.15) is 5.60 Å². The van der Waals surface area contributed by atoms with Gasteiger partial charge in [0.05, 0.1) is 0 Å². The fourth-order valence-electron chi connectivity index (χ4n) is 0.723. The third-order valence-electron chi connectivity index (χ3n) is 1.97. The van der Waals surface area contributed by atoms with E-state index in [-0.39, 0.29) is 0 Å². The summed E-state index contributed by atoms with van der Waals surface area (Å²) in [6, 6.07) is 0. The van der Waals surface area contributed by atoms with Crippen molar-refractivity contribution in [2.24, 2.45) is 11.1 Å². The Balaban J connectivity index is 4.61. The minimum atomic E-state index is -2.80. The van der Waals surface area contributed by atoms with Gasteiger partial charge in [0.25, 0.3) is 6.43 Å². The van der Waals surface area contributed by atoms with Crippen LogP contribution in [0.1, 0.15) is 20.8 Å². The standard InChI is InChI=1S/C7H15F2NO/c1-6(2,3)7(11,4-10)5(8)9/h5,11H,4,10H2,1-3H3.